The number of imide groups is 1. The Kier molecular flexibility index (Phi) is 3.00. The molecule has 6 heteroatoms. The Bertz CT molecular complexity index is 607. The van der Waals surface area contributed by atoms with E-state index in [1.54, 1.807) is 17.5 Å². The average molecular weight is 273 g/mol. The molecule has 1 atom stereocenters. The van der Waals surface area contributed by atoms with E-state index in [4.69, 9.17) is 0 Å². The lowest BCUT2D eigenvalue weighted by molar-refractivity contribution is -0.124. The average Bonchev–Trinajstić information content (AvgIpc) is 3.01. The maximum atomic E-state index is 11.4. The van der Waals surface area contributed by atoms with E-state index >= 15 is 0 Å². The predicted octanol–water partition coefficient (Wildman–Crippen LogP) is 1.64. The molecule has 1 aliphatic rings. The van der Waals surface area contributed by atoms with Crippen LogP contribution >= 0.6 is 11.3 Å². The molecule has 1 aromatic carbocycles. The summed E-state index contributed by atoms with van der Waals surface area (Å²) in [5, 5.41) is 8.20. The Labute approximate surface area is 113 Å². The molecule has 1 fully saturated rings. The maximum absolute atomic E-state index is 11.4. The van der Waals surface area contributed by atoms with E-state index in [2.05, 4.69) is 15.6 Å². The van der Waals surface area contributed by atoms with E-state index < -0.39 is 6.04 Å². The summed E-state index contributed by atoms with van der Waals surface area (Å²) in [6, 6.07) is 7.17. The van der Waals surface area contributed by atoms with Crippen molar-refractivity contribution in [2.75, 3.05) is 5.32 Å². The summed E-state index contributed by atoms with van der Waals surface area (Å²) in [6.45, 7) is 0. The lowest BCUT2D eigenvalue weighted by atomic mass is 10.2. The molecule has 0 aliphatic carbocycles. The molecule has 96 valence electrons. The fourth-order valence-electron chi connectivity index (χ4n) is 1.95. The van der Waals surface area contributed by atoms with Crippen molar-refractivity contribution in [1.82, 2.24) is 10.3 Å². The summed E-state index contributed by atoms with van der Waals surface area (Å²) in [5.74, 6) is -0.504. The van der Waals surface area contributed by atoms with Gasteiger partial charge in [-0.3, -0.25) is 14.9 Å². The zero-order valence-corrected chi connectivity index (χ0v) is 10.7. The number of hydrogen-bond donors (Lipinski definition) is 2. The van der Waals surface area contributed by atoms with E-state index in [1.165, 1.54) is 0 Å². The van der Waals surface area contributed by atoms with Crippen LogP contribution in [0.3, 0.4) is 0 Å². The van der Waals surface area contributed by atoms with Gasteiger partial charge in [0.2, 0.25) is 11.8 Å². The topological polar surface area (TPSA) is 71.1 Å². The number of aromatic nitrogens is 1. The number of rotatable bonds is 3. The van der Waals surface area contributed by atoms with Gasteiger partial charge in [0.25, 0.3) is 0 Å². The Morgan fingerprint density at radius 1 is 1.26 bits per heavy atom. The Morgan fingerprint density at radius 3 is 2.63 bits per heavy atom. The minimum absolute atomic E-state index is 0.188. The van der Waals surface area contributed by atoms with Crippen LogP contribution in [-0.2, 0) is 9.59 Å². The molecule has 2 aromatic rings. The number of nitrogens with zero attached hydrogens (tertiary/aromatic N) is 1. The van der Waals surface area contributed by atoms with Crippen LogP contribution in [0, 0.1) is 0 Å². The molecule has 1 unspecified atom stereocenters. The minimum Gasteiger partial charge on any atom is -0.373 e. The number of nitrogens with one attached hydrogen (secondary N) is 2. The quantitative estimate of drug-likeness (QED) is 0.834. The van der Waals surface area contributed by atoms with Crippen molar-refractivity contribution in [2.45, 2.75) is 12.5 Å². The van der Waals surface area contributed by atoms with Crippen LogP contribution in [0.5, 0.6) is 0 Å². The van der Waals surface area contributed by atoms with Crippen molar-refractivity contribution in [3.05, 3.63) is 35.8 Å². The molecule has 0 saturated carbocycles. The summed E-state index contributed by atoms with van der Waals surface area (Å²) in [6.07, 6.45) is 1.95. The third kappa shape index (κ3) is 2.48. The first-order valence-electron chi connectivity index (χ1n) is 5.82. The van der Waals surface area contributed by atoms with E-state index in [1.807, 2.05) is 29.6 Å². The number of thiazole rings is 1. The third-order valence-corrected chi connectivity index (χ3v) is 3.70. The van der Waals surface area contributed by atoms with Gasteiger partial charge in [-0.15, -0.1) is 11.3 Å². The highest BCUT2D eigenvalue weighted by atomic mass is 32.1. The van der Waals surface area contributed by atoms with Crippen LogP contribution in [0.1, 0.15) is 6.42 Å². The first-order valence-corrected chi connectivity index (χ1v) is 6.70. The molecule has 0 spiro atoms. The van der Waals surface area contributed by atoms with Crippen molar-refractivity contribution in [3.63, 3.8) is 0 Å². The van der Waals surface area contributed by atoms with Gasteiger partial charge in [0.05, 0.1) is 6.42 Å². The summed E-state index contributed by atoms with van der Waals surface area (Å²) in [7, 11) is 0. The van der Waals surface area contributed by atoms with Crippen molar-refractivity contribution < 1.29 is 9.59 Å². The van der Waals surface area contributed by atoms with Crippen LogP contribution in [0.4, 0.5) is 5.69 Å². The lowest BCUT2D eigenvalue weighted by Gasteiger charge is -2.10. The number of amides is 2. The SMILES string of the molecule is O=C1CC(Nc2ccc(-c3nccs3)cc2)C(=O)N1. The second kappa shape index (κ2) is 4.81. The maximum Gasteiger partial charge on any atom is 0.249 e. The van der Waals surface area contributed by atoms with Crippen LogP contribution in [0.25, 0.3) is 10.6 Å². The Hall–Kier alpha value is -2.21. The summed E-state index contributed by atoms with van der Waals surface area (Å²) in [4.78, 5) is 26.8. The summed E-state index contributed by atoms with van der Waals surface area (Å²) in [5.41, 5.74) is 1.85. The largest absolute Gasteiger partial charge is 0.373 e. The van der Waals surface area contributed by atoms with Gasteiger partial charge in [0.15, 0.2) is 0 Å². The Balaban J connectivity index is 1.73. The van der Waals surface area contributed by atoms with E-state index in [-0.39, 0.29) is 18.2 Å². The standard InChI is InChI=1S/C13H11N3O2S/c17-11-7-10(12(18)16-11)15-9-3-1-8(2-4-9)13-14-5-6-19-13/h1-6,10,15H,7H2,(H,16,17,18). The third-order valence-electron chi connectivity index (χ3n) is 2.87. The van der Waals surface area contributed by atoms with Gasteiger partial charge in [-0.25, -0.2) is 4.98 Å². The van der Waals surface area contributed by atoms with Crippen molar-refractivity contribution in [1.29, 1.82) is 0 Å². The molecule has 19 heavy (non-hydrogen) atoms. The molecular formula is C13H11N3O2S. The van der Waals surface area contributed by atoms with Gasteiger partial charge >= 0.3 is 0 Å². The van der Waals surface area contributed by atoms with Crippen LogP contribution in [0.15, 0.2) is 35.8 Å². The van der Waals surface area contributed by atoms with Gasteiger partial charge in [-0.1, -0.05) is 0 Å². The minimum atomic E-state index is -0.474. The normalized spacial score (nSPS) is 18.4. The highest BCUT2D eigenvalue weighted by Gasteiger charge is 2.30. The smallest absolute Gasteiger partial charge is 0.249 e. The number of carbonyl (C=O) groups excluding carboxylic acids is 2. The monoisotopic (exact) mass is 273 g/mol. The molecule has 1 saturated heterocycles. The molecule has 2 heterocycles. The molecule has 2 amide bonds. The van der Waals surface area contributed by atoms with Crippen molar-refractivity contribution >= 4 is 28.8 Å². The van der Waals surface area contributed by atoms with Crippen molar-refractivity contribution in [3.8, 4) is 10.6 Å². The molecule has 0 radical (unpaired) electrons. The van der Waals surface area contributed by atoms with Crippen LogP contribution < -0.4 is 10.6 Å². The zero-order valence-electron chi connectivity index (χ0n) is 9.92. The molecule has 5 nitrogen and oxygen atoms in total. The molecule has 3 rings (SSSR count). The van der Waals surface area contributed by atoms with E-state index in [0.717, 1.165) is 16.3 Å². The lowest BCUT2D eigenvalue weighted by Crippen LogP contribution is -2.29. The first-order chi connectivity index (χ1) is 9.22. The zero-order chi connectivity index (χ0) is 13.2. The molecular weight excluding hydrogens is 262 g/mol. The van der Waals surface area contributed by atoms with Crippen molar-refractivity contribution in [2.24, 2.45) is 0 Å². The van der Waals surface area contributed by atoms with E-state index in [9.17, 15) is 9.59 Å². The summed E-state index contributed by atoms with van der Waals surface area (Å²) < 4.78 is 0. The van der Waals surface area contributed by atoms with E-state index in [0.29, 0.717) is 0 Å². The highest BCUT2D eigenvalue weighted by Crippen LogP contribution is 2.23. The first kappa shape index (κ1) is 11.9. The molecule has 1 aromatic heterocycles. The fourth-order valence-corrected chi connectivity index (χ4v) is 2.59. The van der Waals surface area contributed by atoms with Crippen LogP contribution in [0.2, 0.25) is 0 Å². The second-order valence-corrected chi connectivity index (χ2v) is 5.12. The van der Waals surface area contributed by atoms with Gasteiger partial charge in [0, 0.05) is 22.8 Å². The number of hydrogen-bond acceptors (Lipinski definition) is 5. The molecule has 0 bridgehead atoms. The van der Waals surface area contributed by atoms with Gasteiger partial charge < -0.3 is 5.32 Å². The highest BCUT2D eigenvalue weighted by molar-refractivity contribution is 7.13. The molecule has 2 N–H and O–H groups in total. The number of carbonyl (C=O) groups is 2. The number of benzene rings is 1. The second-order valence-electron chi connectivity index (χ2n) is 4.23. The van der Waals surface area contributed by atoms with Gasteiger partial charge in [0.1, 0.15) is 11.0 Å². The fraction of sp³-hybridized carbons (Fsp3) is 0.154. The van der Waals surface area contributed by atoms with Gasteiger partial charge in [-0.2, -0.15) is 0 Å². The predicted molar refractivity (Wildman–Crippen MR) is 72.7 cm³/mol. The molecule has 1 aliphatic heterocycles. The summed E-state index contributed by atoms with van der Waals surface area (Å²) >= 11 is 1.58. The van der Waals surface area contributed by atoms with Crippen LogP contribution in [-0.4, -0.2) is 22.8 Å². The number of anilines is 1. The Morgan fingerprint density at radius 2 is 2.05 bits per heavy atom. The van der Waals surface area contributed by atoms with Gasteiger partial charge in [-0.05, 0) is 24.3 Å².